The molecule has 23 heavy (non-hydrogen) atoms. The van der Waals surface area contributed by atoms with Gasteiger partial charge in [-0.3, -0.25) is 9.36 Å². The smallest absolute Gasteiger partial charge is 0.251 e. The molecule has 1 amide bonds. The Morgan fingerprint density at radius 1 is 1.30 bits per heavy atom. The van der Waals surface area contributed by atoms with Gasteiger partial charge in [-0.1, -0.05) is 12.8 Å². The van der Waals surface area contributed by atoms with Crippen molar-refractivity contribution in [2.45, 2.75) is 31.2 Å². The monoisotopic (exact) mass is 357 g/mol. The molecular formula is C15H21Cl2N5O. The van der Waals surface area contributed by atoms with E-state index in [9.17, 15) is 4.79 Å². The standard InChI is InChI=1S/C15H19N5O.2ClH/c16-10-15(4-1-2-5-15)19-14(21)12-3-6-18-13(9-12)20-8-7-17-11-20;;/h3,6-9,11H,1-2,4-5,10,16H2,(H,19,21);2*1H. The molecule has 1 fully saturated rings. The van der Waals surface area contributed by atoms with Crippen LogP contribution in [0.3, 0.4) is 0 Å². The van der Waals surface area contributed by atoms with E-state index in [2.05, 4.69) is 15.3 Å². The highest BCUT2D eigenvalue weighted by Crippen LogP contribution is 2.28. The summed E-state index contributed by atoms with van der Waals surface area (Å²) >= 11 is 0. The van der Waals surface area contributed by atoms with Crippen LogP contribution in [0.1, 0.15) is 36.0 Å². The molecule has 0 aliphatic heterocycles. The fraction of sp³-hybridized carbons (Fsp3) is 0.400. The molecule has 2 heterocycles. The van der Waals surface area contributed by atoms with Crippen molar-refractivity contribution in [3.05, 3.63) is 42.6 Å². The summed E-state index contributed by atoms with van der Waals surface area (Å²) in [6.07, 6.45) is 10.9. The molecule has 1 aliphatic carbocycles. The van der Waals surface area contributed by atoms with Gasteiger partial charge >= 0.3 is 0 Å². The van der Waals surface area contributed by atoms with E-state index in [4.69, 9.17) is 5.73 Å². The lowest BCUT2D eigenvalue weighted by molar-refractivity contribution is 0.0903. The van der Waals surface area contributed by atoms with Gasteiger partial charge in [0, 0.05) is 30.7 Å². The maximum Gasteiger partial charge on any atom is 0.251 e. The molecular weight excluding hydrogens is 337 g/mol. The molecule has 0 bridgehead atoms. The molecule has 0 radical (unpaired) electrons. The second kappa shape index (κ2) is 8.29. The van der Waals surface area contributed by atoms with Gasteiger partial charge in [-0.25, -0.2) is 9.97 Å². The molecule has 3 rings (SSSR count). The summed E-state index contributed by atoms with van der Waals surface area (Å²) in [4.78, 5) is 20.7. The number of nitrogens with two attached hydrogens (primary N) is 1. The lowest BCUT2D eigenvalue weighted by Gasteiger charge is -2.28. The SMILES string of the molecule is Cl.Cl.NCC1(NC(=O)c2ccnc(-n3ccnc3)c2)CCCC1. The van der Waals surface area contributed by atoms with Crippen molar-refractivity contribution in [2.24, 2.45) is 5.73 Å². The van der Waals surface area contributed by atoms with Crippen LogP contribution in [-0.4, -0.2) is 32.5 Å². The third kappa shape index (κ3) is 4.22. The number of carbonyl (C=O) groups excluding carboxylic acids is 1. The van der Waals surface area contributed by atoms with Crippen molar-refractivity contribution in [1.82, 2.24) is 19.9 Å². The number of hydrogen-bond acceptors (Lipinski definition) is 4. The van der Waals surface area contributed by atoms with Gasteiger partial charge in [0.2, 0.25) is 0 Å². The Morgan fingerprint density at radius 2 is 2.04 bits per heavy atom. The van der Waals surface area contributed by atoms with E-state index in [-0.39, 0.29) is 36.3 Å². The molecule has 1 saturated carbocycles. The Kier molecular flexibility index (Phi) is 7.00. The molecule has 2 aromatic heterocycles. The third-order valence-corrected chi connectivity index (χ3v) is 4.11. The van der Waals surface area contributed by atoms with Gasteiger partial charge in [-0.2, -0.15) is 0 Å². The molecule has 126 valence electrons. The van der Waals surface area contributed by atoms with Gasteiger partial charge in [-0.15, -0.1) is 24.8 Å². The fourth-order valence-electron chi connectivity index (χ4n) is 2.84. The van der Waals surface area contributed by atoms with Crippen LogP contribution in [0.4, 0.5) is 0 Å². The summed E-state index contributed by atoms with van der Waals surface area (Å²) in [5.74, 6) is 0.583. The van der Waals surface area contributed by atoms with E-state index in [1.807, 2.05) is 0 Å². The maximum atomic E-state index is 12.5. The van der Waals surface area contributed by atoms with Gasteiger partial charge < -0.3 is 11.1 Å². The van der Waals surface area contributed by atoms with Gasteiger partial charge in [0.05, 0.1) is 5.54 Å². The van der Waals surface area contributed by atoms with Crippen LogP contribution in [0.15, 0.2) is 37.1 Å². The van der Waals surface area contributed by atoms with Crippen LogP contribution >= 0.6 is 24.8 Å². The number of amides is 1. The predicted octanol–water partition coefficient (Wildman–Crippen LogP) is 2.11. The highest BCUT2D eigenvalue weighted by atomic mass is 35.5. The number of pyridine rings is 1. The fourth-order valence-corrected chi connectivity index (χ4v) is 2.84. The second-order valence-corrected chi connectivity index (χ2v) is 5.52. The number of aromatic nitrogens is 3. The topological polar surface area (TPSA) is 85.8 Å². The normalized spacial score (nSPS) is 15.3. The van der Waals surface area contributed by atoms with Gasteiger partial charge in [-0.05, 0) is 25.0 Å². The first-order valence-corrected chi connectivity index (χ1v) is 7.19. The lowest BCUT2D eigenvalue weighted by atomic mass is 9.97. The van der Waals surface area contributed by atoms with Crippen molar-refractivity contribution >= 4 is 30.7 Å². The number of halogens is 2. The van der Waals surface area contributed by atoms with Crippen LogP contribution in [0, 0.1) is 0 Å². The van der Waals surface area contributed by atoms with Crippen molar-refractivity contribution in [2.75, 3.05) is 6.54 Å². The highest BCUT2D eigenvalue weighted by Gasteiger charge is 2.34. The predicted molar refractivity (Wildman–Crippen MR) is 93.6 cm³/mol. The lowest BCUT2D eigenvalue weighted by Crippen LogP contribution is -2.51. The van der Waals surface area contributed by atoms with Crippen LogP contribution in [-0.2, 0) is 0 Å². The van der Waals surface area contributed by atoms with Crippen LogP contribution in [0.2, 0.25) is 0 Å². The summed E-state index contributed by atoms with van der Waals surface area (Å²) in [7, 11) is 0. The van der Waals surface area contributed by atoms with Crippen molar-refractivity contribution in [3.8, 4) is 5.82 Å². The van der Waals surface area contributed by atoms with Crippen molar-refractivity contribution < 1.29 is 4.79 Å². The van der Waals surface area contributed by atoms with E-state index >= 15 is 0 Å². The Bertz CT molecular complexity index is 627. The minimum atomic E-state index is -0.241. The summed E-state index contributed by atoms with van der Waals surface area (Å²) < 4.78 is 1.77. The van der Waals surface area contributed by atoms with Crippen LogP contribution in [0.25, 0.3) is 5.82 Å². The number of hydrogen-bond donors (Lipinski definition) is 2. The zero-order valence-corrected chi connectivity index (χ0v) is 14.3. The number of nitrogens with zero attached hydrogens (tertiary/aromatic N) is 3. The Hall–Kier alpha value is -1.63. The molecule has 0 saturated heterocycles. The van der Waals surface area contributed by atoms with E-state index in [0.717, 1.165) is 25.7 Å². The molecule has 0 atom stereocenters. The molecule has 2 aromatic rings. The molecule has 1 aliphatic rings. The minimum absolute atomic E-state index is 0. The summed E-state index contributed by atoms with van der Waals surface area (Å²) in [6, 6.07) is 3.48. The average Bonchev–Trinajstić information content (AvgIpc) is 3.19. The van der Waals surface area contributed by atoms with Gasteiger partial charge in [0.1, 0.15) is 12.1 Å². The average molecular weight is 358 g/mol. The van der Waals surface area contributed by atoms with Crippen molar-refractivity contribution in [1.29, 1.82) is 0 Å². The summed E-state index contributed by atoms with van der Waals surface area (Å²) in [6.45, 7) is 0.484. The Labute approximate surface area is 147 Å². The number of carbonyl (C=O) groups is 1. The van der Waals surface area contributed by atoms with E-state index in [1.54, 1.807) is 41.6 Å². The van der Waals surface area contributed by atoms with Crippen LogP contribution < -0.4 is 11.1 Å². The summed E-state index contributed by atoms with van der Waals surface area (Å²) in [5.41, 5.74) is 6.21. The Morgan fingerprint density at radius 3 is 2.65 bits per heavy atom. The van der Waals surface area contributed by atoms with Crippen LogP contribution in [0.5, 0.6) is 0 Å². The highest BCUT2D eigenvalue weighted by molar-refractivity contribution is 5.95. The second-order valence-electron chi connectivity index (χ2n) is 5.52. The third-order valence-electron chi connectivity index (χ3n) is 4.11. The zero-order valence-electron chi connectivity index (χ0n) is 12.6. The van der Waals surface area contributed by atoms with Gasteiger partial charge in [0.15, 0.2) is 0 Å². The van der Waals surface area contributed by atoms with Gasteiger partial charge in [0.25, 0.3) is 5.91 Å². The largest absolute Gasteiger partial charge is 0.345 e. The van der Waals surface area contributed by atoms with E-state index < -0.39 is 0 Å². The molecule has 0 aromatic carbocycles. The van der Waals surface area contributed by atoms with E-state index in [0.29, 0.717) is 17.9 Å². The first kappa shape index (κ1) is 19.4. The minimum Gasteiger partial charge on any atom is -0.345 e. The first-order valence-electron chi connectivity index (χ1n) is 7.19. The molecule has 3 N–H and O–H groups in total. The molecule has 0 unspecified atom stereocenters. The molecule has 8 heteroatoms. The zero-order chi connectivity index (χ0) is 14.7. The Balaban J connectivity index is 0.00000132. The number of nitrogens with one attached hydrogen (secondary N) is 1. The summed E-state index contributed by atoms with van der Waals surface area (Å²) in [5, 5.41) is 3.11. The first-order chi connectivity index (χ1) is 10.2. The van der Waals surface area contributed by atoms with Crippen molar-refractivity contribution in [3.63, 3.8) is 0 Å². The number of rotatable bonds is 4. The molecule has 0 spiro atoms. The molecule has 6 nitrogen and oxygen atoms in total. The number of imidazole rings is 1. The maximum absolute atomic E-state index is 12.5. The quantitative estimate of drug-likeness (QED) is 0.877. The van der Waals surface area contributed by atoms with E-state index in [1.165, 1.54) is 0 Å².